The Morgan fingerprint density at radius 2 is 1.39 bits per heavy atom. The van der Waals surface area contributed by atoms with Crippen LogP contribution in [0.15, 0.2) is 12.1 Å². The van der Waals surface area contributed by atoms with E-state index in [1.54, 1.807) is 0 Å². The van der Waals surface area contributed by atoms with Gasteiger partial charge in [-0.2, -0.15) is 0 Å². The zero-order valence-electron chi connectivity index (χ0n) is 20.0. The molecule has 3 aliphatic carbocycles. The van der Waals surface area contributed by atoms with Crippen molar-refractivity contribution in [3.05, 3.63) is 29.6 Å². The molecule has 0 heterocycles. The number of fused-ring (bicyclic) bond motifs is 1. The lowest BCUT2D eigenvalue weighted by Crippen LogP contribution is -2.35. The lowest BCUT2D eigenvalue weighted by atomic mass is 9.60. The molecule has 0 saturated heterocycles. The van der Waals surface area contributed by atoms with E-state index in [4.69, 9.17) is 4.74 Å². The van der Waals surface area contributed by atoms with E-state index < -0.39 is 23.4 Å². The van der Waals surface area contributed by atoms with Crippen molar-refractivity contribution < 1.29 is 22.7 Å². The van der Waals surface area contributed by atoms with Gasteiger partial charge in [-0.15, -0.1) is 0 Å². The van der Waals surface area contributed by atoms with Crippen LogP contribution >= 0.6 is 0 Å². The number of carbonyl (C=O) groups excluding carboxylic acids is 1. The molecule has 0 aromatic heterocycles. The van der Waals surface area contributed by atoms with Crippen LogP contribution in [0, 0.1) is 53.0 Å². The van der Waals surface area contributed by atoms with Gasteiger partial charge in [-0.05, 0) is 87.4 Å². The third-order valence-electron chi connectivity index (χ3n) is 8.93. The number of rotatable bonds is 7. The predicted molar refractivity (Wildman–Crippen MR) is 123 cm³/mol. The Labute approximate surface area is 196 Å². The van der Waals surface area contributed by atoms with Gasteiger partial charge < -0.3 is 4.74 Å². The summed E-state index contributed by atoms with van der Waals surface area (Å²) in [4.78, 5) is 12.5. The molecular weight excluding hydrogens is 425 g/mol. The first-order chi connectivity index (χ1) is 15.9. The van der Waals surface area contributed by atoms with Gasteiger partial charge in [0.1, 0.15) is 5.75 Å². The Morgan fingerprint density at radius 1 is 0.818 bits per heavy atom. The van der Waals surface area contributed by atoms with Gasteiger partial charge in [0.05, 0.1) is 5.92 Å². The van der Waals surface area contributed by atoms with E-state index in [9.17, 15) is 18.0 Å². The highest BCUT2D eigenvalue weighted by molar-refractivity contribution is 5.75. The van der Waals surface area contributed by atoms with Crippen molar-refractivity contribution in [3.63, 3.8) is 0 Å². The molecule has 33 heavy (non-hydrogen) atoms. The quantitative estimate of drug-likeness (QED) is 0.176. The van der Waals surface area contributed by atoms with E-state index in [1.165, 1.54) is 64.2 Å². The van der Waals surface area contributed by atoms with Crippen molar-refractivity contribution in [2.45, 2.75) is 96.8 Å². The molecule has 3 aliphatic rings. The number of hydrogen-bond acceptors (Lipinski definition) is 2. The van der Waals surface area contributed by atoms with Crippen molar-refractivity contribution in [1.29, 1.82) is 0 Å². The van der Waals surface area contributed by atoms with Crippen LogP contribution in [-0.2, 0) is 4.79 Å². The third kappa shape index (κ3) is 6.14. The van der Waals surface area contributed by atoms with Crippen LogP contribution in [-0.4, -0.2) is 5.97 Å². The minimum Gasteiger partial charge on any atom is -0.426 e. The highest BCUT2D eigenvalue weighted by Gasteiger charge is 2.39. The summed E-state index contributed by atoms with van der Waals surface area (Å²) in [7, 11) is 0. The molecule has 184 valence electrons. The SMILES string of the molecule is CCCCCC1CCC2CC(C3CCC(C(=O)Oc4cc(F)c(F)c(F)c4)CC3)CCC2C1. The summed E-state index contributed by atoms with van der Waals surface area (Å²) in [6.45, 7) is 2.28. The Hall–Kier alpha value is -1.52. The molecule has 4 rings (SSSR count). The number of unbranched alkanes of at least 4 members (excludes halogenated alkanes) is 2. The smallest absolute Gasteiger partial charge is 0.314 e. The van der Waals surface area contributed by atoms with Gasteiger partial charge in [0.25, 0.3) is 0 Å². The lowest BCUT2D eigenvalue weighted by Gasteiger charge is -2.45. The normalized spacial score (nSPS) is 32.2. The van der Waals surface area contributed by atoms with Crippen LogP contribution in [0.3, 0.4) is 0 Å². The van der Waals surface area contributed by atoms with Crippen molar-refractivity contribution in [1.82, 2.24) is 0 Å². The number of halogens is 3. The topological polar surface area (TPSA) is 26.3 Å². The molecule has 0 radical (unpaired) electrons. The fraction of sp³-hybridized carbons (Fsp3) is 0.750. The molecular formula is C28H39F3O2. The minimum absolute atomic E-state index is 0.243. The van der Waals surface area contributed by atoms with Gasteiger partial charge in [-0.3, -0.25) is 4.79 Å². The number of benzene rings is 1. The molecule has 0 aliphatic heterocycles. The second-order valence-electron chi connectivity index (χ2n) is 11.0. The van der Waals surface area contributed by atoms with E-state index in [0.29, 0.717) is 5.92 Å². The number of ether oxygens (including phenoxy) is 1. The molecule has 0 N–H and O–H groups in total. The van der Waals surface area contributed by atoms with Gasteiger partial charge in [0.15, 0.2) is 17.5 Å². The number of carbonyl (C=O) groups is 1. The van der Waals surface area contributed by atoms with Gasteiger partial charge in [0, 0.05) is 12.1 Å². The summed E-state index contributed by atoms with van der Waals surface area (Å²) in [5.74, 6) is -0.939. The van der Waals surface area contributed by atoms with Crippen LogP contribution in [0.2, 0.25) is 0 Å². The Bertz CT molecular complexity index is 779. The Balaban J connectivity index is 1.22. The first-order valence-corrected chi connectivity index (χ1v) is 13.3. The predicted octanol–water partition coefficient (Wildman–Crippen LogP) is 8.23. The summed E-state index contributed by atoms with van der Waals surface area (Å²) >= 11 is 0. The van der Waals surface area contributed by atoms with Crippen molar-refractivity contribution in [2.24, 2.45) is 35.5 Å². The zero-order chi connectivity index (χ0) is 23.4. The average molecular weight is 465 g/mol. The largest absolute Gasteiger partial charge is 0.426 e. The standard InChI is InChI=1S/C28H39F3O2/c1-2-3-4-5-18-6-7-23-15-22(13-12-21(23)14-18)19-8-10-20(11-9-19)28(32)33-24-16-25(29)27(31)26(30)17-24/h16-23H,2-15H2,1H3. The second kappa shape index (κ2) is 11.3. The molecule has 1 aromatic rings. The third-order valence-corrected chi connectivity index (χ3v) is 8.93. The maximum Gasteiger partial charge on any atom is 0.314 e. The molecule has 4 atom stereocenters. The Kier molecular flexibility index (Phi) is 8.40. The van der Waals surface area contributed by atoms with E-state index in [2.05, 4.69) is 6.92 Å². The minimum atomic E-state index is -1.55. The highest BCUT2D eigenvalue weighted by atomic mass is 19.2. The summed E-state index contributed by atoms with van der Waals surface area (Å²) in [6.07, 6.45) is 17.4. The molecule has 4 unspecified atom stereocenters. The fourth-order valence-electron chi connectivity index (χ4n) is 7.01. The van der Waals surface area contributed by atoms with Crippen LogP contribution in [0.5, 0.6) is 5.75 Å². The molecule has 2 nitrogen and oxygen atoms in total. The first kappa shape index (κ1) is 24.6. The Morgan fingerprint density at radius 3 is 2.06 bits per heavy atom. The second-order valence-corrected chi connectivity index (χ2v) is 11.0. The lowest BCUT2D eigenvalue weighted by molar-refractivity contribution is -0.140. The van der Waals surface area contributed by atoms with Crippen molar-refractivity contribution in [2.75, 3.05) is 0 Å². The van der Waals surface area contributed by atoms with Gasteiger partial charge >= 0.3 is 5.97 Å². The summed E-state index contributed by atoms with van der Waals surface area (Å²) in [5, 5.41) is 0. The fourth-order valence-corrected chi connectivity index (χ4v) is 7.01. The molecule has 3 saturated carbocycles. The zero-order valence-corrected chi connectivity index (χ0v) is 20.0. The van der Waals surface area contributed by atoms with Crippen molar-refractivity contribution >= 4 is 5.97 Å². The molecule has 1 aromatic carbocycles. The molecule has 5 heteroatoms. The van der Waals surface area contributed by atoms with E-state index in [0.717, 1.165) is 61.5 Å². The summed E-state index contributed by atoms with van der Waals surface area (Å²) in [6, 6.07) is 1.47. The number of esters is 1. The summed E-state index contributed by atoms with van der Waals surface area (Å²) in [5.41, 5.74) is 0. The van der Waals surface area contributed by atoms with Crippen LogP contribution in [0.4, 0.5) is 13.2 Å². The molecule has 0 bridgehead atoms. The van der Waals surface area contributed by atoms with Crippen LogP contribution in [0.1, 0.15) is 96.8 Å². The van der Waals surface area contributed by atoms with E-state index in [1.807, 2.05) is 0 Å². The maximum atomic E-state index is 13.4. The van der Waals surface area contributed by atoms with Gasteiger partial charge in [0.2, 0.25) is 0 Å². The number of hydrogen-bond donors (Lipinski definition) is 0. The highest BCUT2D eigenvalue weighted by Crippen LogP contribution is 2.49. The van der Waals surface area contributed by atoms with Gasteiger partial charge in [-0.25, -0.2) is 13.2 Å². The van der Waals surface area contributed by atoms with E-state index in [-0.39, 0.29) is 11.7 Å². The monoisotopic (exact) mass is 464 g/mol. The van der Waals surface area contributed by atoms with Crippen LogP contribution in [0.25, 0.3) is 0 Å². The van der Waals surface area contributed by atoms with Gasteiger partial charge in [-0.1, -0.05) is 39.0 Å². The van der Waals surface area contributed by atoms with Crippen molar-refractivity contribution in [3.8, 4) is 5.75 Å². The van der Waals surface area contributed by atoms with Crippen LogP contribution < -0.4 is 4.74 Å². The molecule has 3 fully saturated rings. The average Bonchev–Trinajstić information content (AvgIpc) is 2.82. The maximum absolute atomic E-state index is 13.4. The van der Waals surface area contributed by atoms with E-state index >= 15 is 0 Å². The summed E-state index contributed by atoms with van der Waals surface area (Å²) < 4.78 is 45.1. The first-order valence-electron chi connectivity index (χ1n) is 13.3. The molecule has 0 amide bonds. The molecule has 0 spiro atoms.